The zero-order chi connectivity index (χ0) is 31.8. The largest absolute Gasteiger partial charge is 0.478 e. The lowest BCUT2D eigenvalue weighted by molar-refractivity contribution is -0.132. The second-order valence-corrected chi connectivity index (χ2v) is 12.0. The molecular formula is C30H33N7O7. The van der Waals surface area contributed by atoms with E-state index in [0.717, 1.165) is 12.8 Å². The number of amides is 3. The second-order valence-electron chi connectivity index (χ2n) is 12.0. The van der Waals surface area contributed by atoms with Crippen molar-refractivity contribution in [1.82, 2.24) is 19.7 Å². The van der Waals surface area contributed by atoms with Crippen molar-refractivity contribution in [2.75, 3.05) is 16.8 Å². The molecule has 0 aromatic carbocycles. The van der Waals surface area contributed by atoms with Crippen LogP contribution in [0.5, 0.6) is 0 Å². The lowest BCUT2D eigenvalue weighted by atomic mass is 9.91. The molecule has 2 aliphatic rings. The molecular weight excluding hydrogens is 570 g/mol. The molecule has 1 saturated carbocycles. The smallest absolute Gasteiger partial charge is 0.416 e. The third-order valence-electron chi connectivity index (χ3n) is 7.08. The van der Waals surface area contributed by atoms with Crippen molar-refractivity contribution >= 4 is 35.4 Å². The Hall–Kier alpha value is -5.27. The van der Waals surface area contributed by atoms with Crippen LogP contribution in [0.1, 0.15) is 67.9 Å². The lowest BCUT2D eigenvalue weighted by Crippen LogP contribution is -2.38. The van der Waals surface area contributed by atoms with Crippen molar-refractivity contribution in [2.45, 2.75) is 58.1 Å². The summed E-state index contributed by atoms with van der Waals surface area (Å²) in [5.41, 5.74) is 4.46. The Morgan fingerprint density at radius 2 is 2.02 bits per heavy atom. The Kier molecular flexibility index (Phi) is 7.84. The van der Waals surface area contributed by atoms with Crippen molar-refractivity contribution in [1.29, 1.82) is 0 Å². The summed E-state index contributed by atoms with van der Waals surface area (Å²) < 4.78 is 12.6. The van der Waals surface area contributed by atoms with E-state index < -0.39 is 35.0 Å². The summed E-state index contributed by atoms with van der Waals surface area (Å²) in [5, 5.41) is 16.1. The van der Waals surface area contributed by atoms with E-state index in [1.807, 2.05) is 0 Å². The van der Waals surface area contributed by atoms with Crippen LogP contribution in [-0.4, -0.2) is 60.9 Å². The Morgan fingerprint density at radius 1 is 1.27 bits per heavy atom. The number of allylic oxidation sites excluding steroid dienone is 2. The monoisotopic (exact) mass is 603 g/mol. The van der Waals surface area contributed by atoms with E-state index in [1.165, 1.54) is 34.3 Å². The van der Waals surface area contributed by atoms with Gasteiger partial charge >= 0.3 is 12.1 Å². The van der Waals surface area contributed by atoms with Gasteiger partial charge in [0.1, 0.15) is 17.7 Å². The number of nitrogens with one attached hydrogen (secondary N) is 1. The minimum Gasteiger partial charge on any atom is -0.478 e. The number of nitrogens with two attached hydrogens (primary N) is 1. The zero-order valence-corrected chi connectivity index (χ0v) is 24.7. The van der Waals surface area contributed by atoms with Crippen molar-refractivity contribution in [3.63, 3.8) is 0 Å². The number of rotatable bonds is 9. The van der Waals surface area contributed by atoms with E-state index in [-0.39, 0.29) is 35.0 Å². The molecule has 0 spiro atoms. The first kappa shape index (κ1) is 30.2. The Bertz CT molecular complexity index is 1690. The third kappa shape index (κ3) is 6.69. The molecule has 14 heteroatoms. The number of ether oxygens (including phenoxy) is 1. The molecule has 1 unspecified atom stereocenters. The van der Waals surface area contributed by atoms with Crippen molar-refractivity contribution in [3.8, 4) is 11.5 Å². The number of carbonyl (C=O) groups excluding carboxylic acids is 3. The van der Waals surface area contributed by atoms with Gasteiger partial charge in [-0.3, -0.25) is 19.2 Å². The quantitative estimate of drug-likeness (QED) is 0.320. The van der Waals surface area contributed by atoms with Gasteiger partial charge in [0.05, 0.1) is 23.0 Å². The highest BCUT2D eigenvalue weighted by Gasteiger charge is 2.32. The molecule has 3 aromatic rings. The molecule has 5 rings (SSSR count). The number of hydrogen-bond acceptors (Lipinski definition) is 9. The normalized spacial score (nSPS) is 18.0. The Morgan fingerprint density at radius 3 is 2.64 bits per heavy atom. The van der Waals surface area contributed by atoms with Crippen LogP contribution in [0.4, 0.5) is 16.3 Å². The van der Waals surface area contributed by atoms with Crippen LogP contribution in [0.3, 0.4) is 0 Å². The van der Waals surface area contributed by atoms with E-state index >= 15 is 0 Å². The van der Waals surface area contributed by atoms with Crippen molar-refractivity contribution in [2.24, 2.45) is 11.7 Å². The minimum absolute atomic E-state index is 0.0500. The second kappa shape index (κ2) is 11.4. The predicted octanol–water partition coefficient (Wildman–Crippen LogP) is 4.12. The van der Waals surface area contributed by atoms with Gasteiger partial charge in [0.2, 0.25) is 5.89 Å². The number of carbonyl (C=O) groups is 4. The summed E-state index contributed by atoms with van der Waals surface area (Å²) in [6.45, 7) is 7.64. The van der Waals surface area contributed by atoms with Crippen LogP contribution in [0.25, 0.3) is 11.5 Å². The fourth-order valence-electron chi connectivity index (χ4n) is 4.49. The van der Waals surface area contributed by atoms with Crippen LogP contribution >= 0.6 is 0 Å². The first-order chi connectivity index (χ1) is 20.7. The number of carboxylic acids is 1. The maximum Gasteiger partial charge on any atom is 0.416 e. The summed E-state index contributed by atoms with van der Waals surface area (Å²) in [5.74, 6) is -1.76. The molecule has 1 atom stereocenters. The number of nitrogens with zero attached hydrogens (tertiary/aromatic N) is 5. The highest BCUT2D eigenvalue weighted by molar-refractivity contribution is 6.07. The van der Waals surface area contributed by atoms with E-state index in [4.69, 9.17) is 14.9 Å². The van der Waals surface area contributed by atoms with Crippen LogP contribution in [0.15, 0.2) is 59.0 Å². The molecule has 1 fully saturated rings. The molecule has 3 aromatic heterocycles. The van der Waals surface area contributed by atoms with Crippen molar-refractivity contribution in [3.05, 3.63) is 66.0 Å². The number of primary amides is 1. The fourth-order valence-corrected chi connectivity index (χ4v) is 4.49. The number of hydrogen-bond donors (Lipinski definition) is 3. The summed E-state index contributed by atoms with van der Waals surface area (Å²) in [6, 6.07) is 3.27. The van der Waals surface area contributed by atoms with E-state index in [1.54, 1.807) is 52.0 Å². The van der Waals surface area contributed by atoms with Crippen molar-refractivity contribution < 1.29 is 33.4 Å². The van der Waals surface area contributed by atoms with Gasteiger partial charge in [0.25, 0.3) is 11.8 Å². The third-order valence-corrected chi connectivity index (χ3v) is 7.08. The summed E-state index contributed by atoms with van der Waals surface area (Å²) in [7, 11) is 0. The van der Waals surface area contributed by atoms with Crippen LogP contribution < -0.4 is 16.0 Å². The average Bonchev–Trinajstić information content (AvgIpc) is 3.45. The highest BCUT2D eigenvalue weighted by Crippen LogP contribution is 2.33. The maximum absolute atomic E-state index is 13.1. The fraction of sp³-hybridized carbons (Fsp3) is 0.367. The van der Waals surface area contributed by atoms with Crippen LogP contribution in [0.2, 0.25) is 0 Å². The van der Waals surface area contributed by atoms with Gasteiger partial charge in [-0.1, -0.05) is 12.2 Å². The molecule has 2 aliphatic carbocycles. The lowest BCUT2D eigenvalue weighted by Gasteiger charge is -2.28. The summed E-state index contributed by atoms with van der Waals surface area (Å²) in [4.78, 5) is 59.7. The zero-order valence-electron chi connectivity index (χ0n) is 24.7. The molecule has 3 amide bonds. The number of carboxylic acid groups (broad SMARTS) is 1. The summed E-state index contributed by atoms with van der Waals surface area (Å²) in [6.07, 6.45) is 10.6. The molecule has 0 aliphatic heterocycles. The predicted molar refractivity (Wildman–Crippen MR) is 158 cm³/mol. The Labute approximate surface area is 252 Å². The molecule has 0 radical (unpaired) electrons. The van der Waals surface area contributed by atoms with Gasteiger partial charge < -0.3 is 25.3 Å². The maximum atomic E-state index is 13.1. The first-order valence-electron chi connectivity index (χ1n) is 14.0. The number of aliphatic carboxylic acids is 1. The van der Waals surface area contributed by atoms with E-state index in [2.05, 4.69) is 20.4 Å². The molecule has 0 bridgehead atoms. The van der Waals surface area contributed by atoms with Crippen LogP contribution in [0, 0.1) is 5.92 Å². The molecule has 230 valence electrons. The highest BCUT2D eigenvalue weighted by atomic mass is 16.6. The van der Waals surface area contributed by atoms with Gasteiger partial charge in [-0.15, -0.1) is 0 Å². The summed E-state index contributed by atoms with van der Waals surface area (Å²) >= 11 is 0. The average molecular weight is 604 g/mol. The number of oxazole rings is 1. The Balaban J connectivity index is 1.35. The standard InChI is InChI=1S/C30H33N7O7/c1-29(2,3)44-28(42)36(14-17-5-6-17)22-13-19(9-12-32-22)26-34-21(16-43-26)25(39)33-20-15-37(35-23(20)24(31)38)30(4)10-7-18(8-11-30)27(40)41/h7-10,12-13,15-17H,5-6,11,14H2,1-4H3,(H2,31,38)(H,33,39)(H,40,41). The SMILES string of the molecule is CC(C)(C)OC(=O)N(CC1CC1)c1cc(-c2nc(C(=O)Nc3cn(C4(C)C=CC(C(=O)O)=CC4)nc3C(N)=O)co2)ccn1. The van der Waals surface area contributed by atoms with Crippen LogP contribution in [-0.2, 0) is 15.1 Å². The minimum atomic E-state index is -1.05. The topological polar surface area (TPSA) is 196 Å². The van der Waals surface area contributed by atoms with Gasteiger partial charge in [0, 0.05) is 18.3 Å². The molecule has 0 saturated heterocycles. The molecule has 3 heterocycles. The number of aromatic nitrogens is 4. The first-order valence-corrected chi connectivity index (χ1v) is 14.0. The molecule has 14 nitrogen and oxygen atoms in total. The van der Waals surface area contributed by atoms with Gasteiger partial charge in [-0.25, -0.2) is 19.6 Å². The van der Waals surface area contributed by atoms with Gasteiger partial charge in [-0.2, -0.15) is 5.10 Å². The molecule has 44 heavy (non-hydrogen) atoms. The number of pyridine rings is 1. The molecule has 4 N–H and O–H groups in total. The van der Waals surface area contributed by atoms with E-state index in [0.29, 0.717) is 23.8 Å². The van der Waals surface area contributed by atoms with Gasteiger partial charge in [0.15, 0.2) is 11.4 Å². The number of anilines is 2. The van der Waals surface area contributed by atoms with Gasteiger partial charge in [-0.05, 0) is 71.1 Å². The van der Waals surface area contributed by atoms with E-state index in [9.17, 15) is 24.3 Å².